The van der Waals surface area contributed by atoms with Crippen LogP contribution in [0, 0.1) is 12.3 Å². The fourth-order valence-corrected chi connectivity index (χ4v) is 4.34. The van der Waals surface area contributed by atoms with Crippen LogP contribution in [0.1, 0.15) is 52.9 Å². The molecule has 0 bridgehead atoms. The molecule has 0 aromatic carbocycles. The highest BCUT2D eigenvalue weighted by Crippen LogP contribution is 2.36. The van der Waals surface area contributed by atoms with Gasteiger partial charge in [0.05, 0.1) is 5.56 Å². The number of H-pyrrole nitrogens is 1. The molecule has 1 unspecified atom stereocenters. The maximum absolute atomic E-state index is 12.3. The average Bonchev–Trinajstić information content (AvgIpc) is 2.81. The van der Waals surface area contributed by atoms with Gasteiger partial charge in [0.15, 0.2) is 0 Å². The van der Waals surface area contributed by atoms with Gasteiger partial charge in [-0.2, -0.15) is 4.98 Å². The second-order valence-electron chi connectivity index (χ2n) is 6.96. The number of anilines is 2. The molecule has 3 heterocycles. The first-order valence-electron chi connectivity index (χ1n) is 8.22. The van der Waals surface area contributed by atoms with Crippen molar-refractivity contribution in [1.82, 2.24) is 9.97 Å². The Hall–Kier alpha value is -2.35. The normalized spacial score (nSPS) is 19.0. The molecule has 5 N–H and O–H groups in total. The number of aromatic nitrogens is 2. The van der Waals surface area contributed by atoms with E-state index < -0.39 is 5.97 Å². The SMILES string of the molecule is C.Cc1cc(C(=O)O)sc1CCC1(C)CCNc2nc(N)[nH]c(=O)c2C1. The van der Waals surface area contributed by atoms with Gasteiger partial charge >= 0.3 is 5.97 Å². The first-order chi connectivity index (χ1) is 11.8. The van der Waals surface area contributed by atoms with Crippen molar-refractivity contribution in [3.63, 3.8) is 0 Å². The third-order valence-corrected chi connectivity index (χ3v) is 6.13. The quantitative estimate of drug-likeness (QED) is 0.649. The van der Waals surface area contributed by atoms with Crippen molar-refractivity contribution in [3.8, 4) is 0 Å². The predicted molar refractivity (Wildman–Crippen MR) is 105 cm³/mol. The van der Waals surface area contributed by atoms with Gasteiger partial charge in [0.1, 0.15) is 10.7 Å². The molecule has 0 aliphatic carbocycles. The Kier molecular flexibility index (Phi) is 5.75. The highest BCUT2D eigenvalue weighted by molar-refractivity contribution is 7.14. The number of nitrogens with zero attached hydrogens (tertiary/aromatic N) is 1. The van der Waals surface area contributed by atoms with Crippen LogP contribution in [0.25, 0.3) is 0 Å². The summed E-state index contributed by atoms with van der Waals surface area (Å²) in [6.07, 6.45) is 3.20. The number of fused-ring (bicyclic) bond motifs is 1. The average molecular weight is 378 g/mol. The molecule has 7 nitrogen and oxygen atoms in total. The Labute approximate surface area is 156 Å². The summed E-state index contributed by atoms with van der Waals surface area (Å²) in [7, 11) is 0. The molecule has 0 radical (unpaired) electrons. The summed E-state index contributed by atoms with van der Waals surface area (Å²) < 4.78 is 0. The van der Waals surface area contributed by atoms with E-state index in [9.17, 15) is 9.59 Å². The lowest BCUT2D eigenvalue weighted by molar-refractivity contribution is 0.0702. The molecular formula is C18H26N4O3S. The lowest BCUT2D eigenvalue weighted by atomic mass is 9.77. The monoisotopic (exact) mass is 378 g/mol. The fourth-order valence-electron chi connectivity index (χ4n) is 3.33. The van der Waals surface area contributed by atoms with Crippen molar-refractivity contribution >= 4 is 29.1 Å². The van der Waals surface area contributed by atoms with Gasteiger partial charge < -0.3 is 16.2 Å². The number of carboxylic acids is 1. The predicted octanol–water partition coefficient (Wildman–Crippen LogP) is 3.05. The molecule has 0 fully saturated rings. The van der Waals surface area contributed by atoms with Crippen LogP contribution in [0.2, 0.25) is 0 Å². The third kappa shape index (κ3) is 4.07. The summed E-state index contributed by atoms with van der Waals surface area (Å²) in [5.41, 5.74) is 7.03. The lowest BCUT2D eigenvalue weighted by Gasteiger charge is -2.27. The van der Waals surface area contributed by atoms with Crippen molar-refractivity contribution < 1.29 is 9.90 Å². The van der Waals surface area contributed by atoms with Gasteiger partial charge in [-0.3, -0.25) is 9.78 Å². The standard InChI is InChI=1S/C17H22N4O3S.CH4/c1-9-7-12(15(23)24)25-11(9)3-4-17(2)5-6-19-13-10(8-17)14(22)21-16(18)20-13;/h7H,3-6,8H2,1-2H3,(H,23,24)(H4,18,19,20,21,22);1H4. The number of hydrogen-bond donors (Lipinski definition) is 4. The van der Waals surface area contributed by atoms with E-state index in [0.717, 1.165) is 36.2 Å². The first-order valence-corrected chi connectivity index (χ1v) is 9.04. The summed E-state index contributed by atoms with van der Waals surface area (Å²) in [5, 5.41) is 12.3. The van der Waals surface area contributed by atoms with E-state index >= 15 is 0 Å². The number of nitrogens with two attached hydrogens (primary N) is 1. The molecule has 1 aliphatic heterocycles. The smallest absolute Gasteiger partial charge is 0.345 e. The molecule has 2 aromatic heterocycles. The topological polar surface area (TPSA) is 121 Å². The van der Waals surface area contributed by atoms with Crippen LogP contribution in [-0.2, 0) is 12.8 Å². The van der Waals surface area contributed by atoms with E-state index in [1.54, 1.807) is 6.07 Å². The fraction of sp³-hybridized carbons (Fsp3) is 0.500. The first kappa shape index (κ1) is 20.0. The van der Waals surface area contributed by atoms with E-state index in [1.807, 2.05) is 6.92 Å². The van der Waals surface area contributed by atoms with Crippen molar-refractivity contribution in [1.29, 1.82) is 0 Å². The largest absolute Gasteiger partial charge is 0.477 e. The summed E-state index contributed by atoms with van der Waals surface area (Å²) >= 11 is 1.34. The number of aromatic amines is 1. The van der Waals surface area contributed by atoms with Crippen LogP contribution in [0.3, 0.4) is 0 Å². The number of hydrogen-bond acceptors (Lipinski definition) is 6. The molecule has 0 saturated heterocycles. The zero-order chi connectivity index (χ0) is 18.2. The van der Waals surface area contributed by atoms with E-state index in [-0.39, 0.29) is 24.3 Å². The molecule has 0 amide bonds. The second-order valence-corrected chi connectivity index (χ2v) is 8.10. The lowest BCUT2D eigenvalue weighted by Crippen LogP contribution is -2.25. The van der Waals surface area contributed by atoms with Gasteiger partial charge in [-0.25, -0.2) is 4.79 Å². The molecule has 0 saturated carbocycles. The number of aromatic carboxylic acids is 1. The maximum atomic E-state index is 12.3. The Bertz CT molecular complexity index is 874. The number of rotatable bonds is 4. The molecule has 26 heavy (non-hydrogen) atoms. The van der Waals surface area contributed by atoms with Crippen LogP contribution in [0.4, 0.5) is 11.8 Å². The molecular weight excluding hydrogens is 352 g/mol. The summed E-state index contributed by atoms with van der Waals surface area (Å²) in [4.78, 5) is 31.6. The number of thiophene rings is 1. The summed E-state index contributed by atoms with van der Waals surface area (Å²) in [6, 6.07) is 1.73. The van der Waals surface area contributed by atoms with Crippen molar-refractivity contribution in [2.24, 2.45) is 5.41 Å². The second kappa shape index (κ2) is 7.49. The molecule has 0 spiro atoms. The summed E-state index contributed by atoms with van der Waals surface area (Å²) in [5.74, 6) is -0.186. The molecule has 1 atom stereocenters. The van der Waals surface area contributed by atoms with Gasteiger partial charge in [-0.1, -0.05) is 14.4 Å². The van der Waals surface area contributed by atoms with Crippen LogP contribution < -0.4 is 16.6 Å². The Balaban J connectivity index is 0.00000243. The zero-order valence-corrected chi connectivity index (χ0v) is 15.1. The van der Waals surface area contributed by atoms with Gasteiger partial charge in [-0.15, -0.1) is 11.3 Å². The van der Waals surface area contributed by atoms with Crippen molar-refractivity contribution in [2.75, 3.05) is 17.6 Å². The molecule has 142 valence electrons. The van der Waals surface area contributed by atoms with Crippen molar-refractivity contribution in [3.05, 3.63) is 37.3 Å². The molecule has 2 aromatic rings. The number of nitrogens with one attached hydrogen (secondary N) is 2. The van der Waals surface area contributed by atoms with Crippen LogP contribution >= 0.6 is 11.3 Å². The maximum Gasteiger partial charge on any atom is 0.345 e. The van der Waals surface area contributed by atoms with E-state index in [1.165, 1.54) is 11.3 Å². The minimum atomic E-state index is -0.881. The molecule has 3 rings (SSSR count). The third-order valence-electron chi connectivity index (χ3n) is 4.85. The van der Waals surface area contributed by atoms with Gasteiger partial charge in [0, 0.05) is 11.4 Å². The van der Waals surface area contributed by atoms with Gasteiger partial charge in [0.25, 0.3) is 5.56 Å². The minimum Gasteiger partial charge on any atom is -0.477 e. The number of carboxylic acid groups (broad SMARTS) is 1. The number of carbonyl (C=O) groups is 1. The summed E-state index contributed by atoms with van der Waals surface area (Å²) in [6.45, 7) is 4.84. The zero-order valence-electron chi connectivity index (χ0n) is 14.3. The van der Waals surface area contributed by atoms with E-state index in [4.69, 9.17) is 10.8 Å². The van der Waals surface area contributed by atoms with E-state index in [2.05, 4.69) is 22.2 Å². The van der Waals surface area contributed by atoms with E-state index in [0.29, 0.717) is 22.7 Å². The van der Waals surface area contributed by atoms with Crippen LogP contribution in [0.15, 0.2) is 10.9 Å². The highest BCUT2D eigenvalue weighted by atomic mass is 32.1. The highest BCUT2D eigenvalue weighted by Gasteiger charge is 2.30. The van der Waals surface area contributed by atoms with Crippen LogP contribution in [0.5, 0.6) is 0 Å². The van der Waals surface area contributed by atoms with Gasteiger partial charge in [-0.05, 0) is 49.7 Å². The Morgan fingerprint density at radius 3 is 2.88 bits per heavy atom. The number of nitrogen functional groups attached to an aromatic ring is 1. The number of aryl methyl sites for hydroxylation is 2. The van der Waals surface area contributed by atoms with Gasteiger partial charge in [0.2, 0.25) is 5.95 Å². The Morgan fingerprint density at radius 2 is 2.23 bits per heavy atom. The molecule has 8 heteroatoms. The van der Waals surface area contributed by atoms with Crippen LogP contribution in [-0.4, -0.2) is 27.6 Å². The van der Waals surface area contributed by atoms with Crippen molar-refractivity contribution in [2.45, 2.75) is 47.0 Å². The molecule has 1 aliphatic rings. The Morgan fingerprint density at radius 1 is 1.50 bits per heavy atom. The minimum absolute atomic E-state index is 0.